The number of carbonyl (C=O) groups excluding carboxylic acids is 1. The third kappa shape index (κ3) is 6.73. The van der Waals surface area contributed by atoms with Gasteiger partial charge in [-0.25, -0.2) is 24.1 Å². The molecule has 0 radical (unpaired) electrons. The van der Waals surface area contributed by atoms with Crippen LogP contribution in [0.3, 0.4) is 0 Å². The number of pyridine rings is 2. The second-order valence-corrected chi connectivity index (χ2v) is 10.3. The number of nitrogens with one attached hydrogen (secondary N) is 3. The Morgan fingerprint density at radius 3 is 2.46 bits per heavy atom. The molecule has 0 spiro atoms. The molecule has 0 aliphatic carbocycles. The van der Waals surface area contributed by atoms with Gasteiger partial charge in [0, 0.05) is 32.8 Å². The first kappa shape index (κ1) is 27.5. The number of hydrogen-bond donors (Lipinski definition) is 4. The van der Waals surface area contributed by atoms with Gasteiger partial charge < -0.3 is 15.7 Å². The van der Waals surface area contributed by atoms with Crippen LogP contribution in [0.2, 0.25) is 0 Å². The lowest BCUT2D eigenvalue weighted by Gasteiger charge is -2.15. The average Bonchev–Trinajstić information content (AvgIpc) is 2.94. The lowest BCUT2D eigenvalue weighted by atomic mass is 10.1. The van der Waals surface area contributed by atoms with Gasteiger partial charge in [-0.3, -0.25) is 15.1 Å². The molecule has 0 unspecified atom stereocenters. The zero-order valence-electron chi connectivity index (χ0n) is 21.9. The number of fused-ring (bicyclic) bond motifs is 1. The van der Waals surface area contributed by atoms with E-state index in [0.717, 1.165) is 21.7 Å². The summed E-state index contributed by atoms with van der Waals surface area (Å²) in [6.07, 6.45) is 2.69. The van der Waals surface area contributed by atoms with E-state index in [1.165, 1.54) is 30.4 Å². The Morgan fingerprint density at radius 1 is 0.927 bits per heavy atom. The molecule has 12 heteroatoms. The Hall–Kier alpha value is -5.10. The minimum Gasteiger partial charge on any atom is -0.465 e. The topological polar surface area (TPSA) is 142 Å². The second kappa shape index (κ2) is 12.0. The summed E-state index contributed by atoms with van der Waals surface area (Å²) >= 11 is 1.41. The number of nitrogens with zero attached hydrogens (tertiary/aromatic N) is 4. The van der Waals surface area contributed by atoms with Crippen molar-refractivity contribution in [3.8, 4) is 0 Å². The van der Waals surface area contributed by atoms with Gasteiger partial charge in [-0.05, 0) is 60.5 Å². The van der Waals surface area contributed by atoms with Gasteiger partial charge in [0.15, 0.2) is 5.65 Å². The van der Waals surface area contributed by atoms with Crippen molar-refractivity contribution in [1.29, 1.82) is 0 Å². The number of rotatable bonds is 8. The standard InChI is InChI=1S/C29H24FN7O3S/c1-16(2)23-9-8-22-26(36-23)32-15-33-27(22)37-24-11-17(28(38)34-20-12-18(30)13-31-14-20)3-10-25(24)41-21-6-4-19(5-7-21)35-29(39)40/h3-16,35H,1-2H3,(H,34,38)(H,39,40)(H,32,33,36,37). The van der Waals surface area contributed by atoms with Gasteiger partial charge >= 0.3 is 6.09 Å². The Bertz CT molecular complexity index is 1750. The van der Waals surface area contributed by atoms with Crippen molar-refractivity contribution < 1.29 is 19.1 Å². The Morgan fingerprint density at radius 2 is 1.73 bits per heavy atom. The molecular weight excluding hydrogens is 545 g/mol. The first-order valence-corrected chi connectivity index (χ1v) is 13.3. The molecule has 3 aromatic heterocycles. The molecule has 0 aliphatic rings. The summed E-state index contributed by atoms with van der Waals surface area (Å²) in [7, 11) is 0. The third-order valence-corrected chi connectivity index (χ3v) is 6.98. The van der Waals surface area contributed by atoms with Crippen molar-refractivity contribution in [3.05, 3.63) is 96.5 Å². The summed E-state index contributed by atoms with van der Waals surface area (Å²) in [5.41, 5.74) is 3.02. The summed E-state index contributed by atoms with van der Waals surface area (Å²) in [6, 6.07) is 17.0. The normalized spacial score (nSPS) is 10.9. The molecule has 0 atom stereocenters. The Kier molecular flexibility index (Phi) is 8.01. The molecule has 2 aromatic carbocycles. The van der Waals surface area contributed by atoms with Crippen LogP contribution in [0.1, 0.15) is 35.8 Å². The number of hydrogen-bond acceptors (Lipinski definition) is 8. The van der Waals surface area contributed by atoms with Gasteiger partial charge in [0.1, 0.15) is 18.0 Å². The van der Waals surface area contributed by atoms with E-state index in [-0.39, 0.29) is 11.6 Å². The summed E-state index contributed by atoms with van der Waals surface area (Å²) in [6.45, 7) is 4.11. The highest BCUT2D eigenvalue weighted by atomic mass is 32.2. The molecule has 5 aromatic rings. The summed E-state index contributed by atoms with van der Waals surface area (Å²) in [5.74, 6) is -0.273. The van der Waals surface area contributed by atoms with Crippen molar-refractivity contribution in [2.75, 3.05) is 16.0 Å². The fourth-order valence-corrected chi connectivity index (χ4v) is 4.79. The number of amides is 2. The number of halogens is 1. The number of anilines is 4. The van der Waals surface area contributed by atoms with Crippen molar-refractivity contribution in [3.63, 3.8) is 0 Å². The maximum Gasteiger partial charge on any atom is 0.409 e. The van der Waals surface area contributed by atoms with Gasteiger partial charge in [-0.1, -0.05) is 25.6 Å². The second-order valence-electron chi connectivity index (χ2n) is 9.22. The Balaban J connectivity index is 1.50. The highest BCUT2D eigenvalue weighted by Crippen LogP contribution is 2.37. The van der Waals surface area contributed by atoms with Crippen LogP contribution in [0.25, 0.3) is 11.0 Å². The highest BCUT2D eigenvalue weighted by molar-refractivity contribution is 7.99. The maximum atomic E-state index is 13.6. The summed E-state index contributed by atoms with van der Waals surface area (Å²) in [5, 5.41) is 18.0. The lowest BCUT2D eigenvalue weighted by Crippen LogP contribution is -2.12. The number of benzene rings is 2. The van der Waals surface area contributed by atoms with E-state index >= 15 is 0 Å². The van der Waals surface area contributed by atoms with Crippen molar-refractivity contribution in [1.82, 2.24) is 19.9 Å². The van der Waals surface area contributed by atoms with Crippen LogP contribution in [0.15, 0.2) is 89.2 Å². The van der Waals surface area contributed by atoms with Crippen LogP contribution in [-0.2, 0) is 0 Å². The van der Waals surface area contributed by atoms with E-state index < -0.39 is 17.8 Å². The van der Waals surface area contributed by atoms with E-state index in [1.807, 2.05) is 12.1 Å². The first-order valence-electron chi connectivity index (χ1n) is 12.5. The van der Waals surface area contributed by atoms with Gasteiger partial charge in [-0.15, -0.1) is 0 Å². The molecule has 0 saturated heterocycles. The van der Waals surface area contributed by atoms with Crippen molar-refractivity contribution in [2.45, 2.75) is 29.6 Å². The number of carbonyl (C=O) groups is 2. The van der Waals surface area contributed by atoms with Crippen LogP contribution in [0.4, 0.5) is 32.1 Å². The Labute approximate surface area is 238 Å². The molecule has 4 N–H and O–H groups in total. The first-order chi connectivity index (χ1) is 19.7. The van der Waals surface area contributed by atoms with E-state index in [1.54, 1.807) is 42.5 Å². The van der Waals surface area contributed by atoms with E-state index in [4.69, 9.17) is 5.11 Å². The van der Waals surface area contributed by atoms with Crippen molar-refractivity contribution in [2.24, 2.45) is 0 Å². The molecule has 0 fully saturated rings. The average molecular weight is 570 g/mol. The zero-order chi connectivity index (χ0) is 28.9. The van der Waals surface area contributed by atoms with Gasteiger partial charge in [0.05, 0.1) is 29.2 Å². The number of carboxylic acid groups (broad SMARTS) is 1. The number of aromatic nitrogens is 4. The SMILES string of the molecule is CC(C)c1ccc2c(Nc3cc(C(=O)Nc4cncc(F)c4)ccc3Sc3ccc(NC(=O)O)cc3)ncnc2n1. The highest BCUT2D eigenvalue weighted by Gasteiger charge is 2.15. The van der Waals surface area contributed by atoms with Gasteiger partial charge in [0.2, 0.25) is 0 Å². The molecule has 0 aliphatic heterocycles. The molecule has 10 nitrogen and oxygen atoms in total. The molecule has 0 saturated carbocycles. The summed E-state index contributed by atoms with van der Waals surface area (Å²) < 4.78 is 13.6. The molecule has 5 rings (SSSR count). The van der Waals surface area contributed by atoms with Crippen LogP contribution in [0, 0.1) is 5.82 Å². The summed E-state index contributed by atoms with van der Waals surface area (Å²) in [4.78, 5) is 42.8. The molecular formula is C29H24FN7O3S. The van der Waals surface area contributed by atoms with Crippen molar-refractivity contribution >= 4 is 57.7 Å². The third-order valence-electron chi connectivity index (χ3n) is 5.90. The predicted octanol–water partition coefficient (Wildman–Crippen LogP) is 6.92. The van der Waals surface area contributed by atoms with Crippen LogP contribution in [0.5, 0.6) is 0 Å². The fraction of sp³-hybridized carbons (Fsp3) is 0.103. The molecule has 2 amide bonds. The van der Waals surface area contributed by atoms with Crippen LogP contribution < -0.4 is 16.0 Å². The van der Waals surface area contributed by atoms with Crippen LogP contribution >= 0.6 is 11.8 Å². The quantitative estimate of drug-likeness (QED) is 0.157. The van der Waals surface area contributed by atoms with E-state index in [2.05, 4.69) is 49.7 Å². The molecule has 3 heterocycles. The molecule has 206 valence electrons. The minimum absolute atomic E-state index is 0.229. The maximum absolute atomic E-state index is 13.6. The zero-order valence-corrected chi connectivity index (χ0v) is 22.7. The van der Waals surface area contributed by atoms with Gasteiger partial charge in [-0.2, -0.15) is 0 Å². The molecule has 0 bridgehead atoms. The smallest absolute Gasteiger partial charge is 0.409 e. The van der Waals surface area contributed by atoms with Gasteiger partial charge in [0.25, 0.3) is 5.91 Å². The monoisotopic (exact) mass is 569 g/mol. The van der Waals surface area contributed by atoms with E-state index in [0.29, 0.717) is 33.8 Å². The lowest BCUT2D eigenvalue weighted by molar-refractivity contribution is 0.102. The fourth-order valence-electron chi connectivity index (χ4n) is 3.90. The van der Waals surface area contributed by atoms with E-state index in [9.17, 15) is 14.0 Å². The predicted molar refractivity (Wildman–Crippen MR) is 156 cm³/mol. The minimum atomic E-state index is -1.15. The largest absolute Gasteiger partial charge is 0.465 e. The van der Waals surface area contributed by atoms with Crippen LogP contribution in [-0.4, -0.2) is 37.0 Å². The molecule has 41 heavy (non-hydrogen) atoms.